The Bertz CT molecular complexity index is 932. The maximum absolute atomic E-state index is 13.0. The zero-order chi connectivity index (χ0) is 17.6. The molecule has 1 fully saturated rings. The Morgan fingerprint density at radius 1 is 1.40 bits per heavy atom. The van der Waals surface area contributed by atoms with E-state index in [-0.39, 0.29) is 11.8 Å². The van der Waals surface area contributed by atoms with Gasteiger partial charge in [-0.15, -0.1) is 11.3 Å². The molecule has 1 aliphatic rings. The normalized spacial score (nSPS) is 21.0. The lowest BCUT2D eigenvalue weighted by molar-refractivity contribution is 0.0381. The third-order valence-electron chi connectivity index (χ3n) is 4.89. The first-order valence-electron chi connectivity index (χ1n) is 8.37. The number of imidazole rings is 1. The SMILES string of the molecule is Cc1ccsc1[C@H]1CCN(C(=O)c2c(C)nc3ncccn23)C[C@@H]1O. The molecule has 4 rings (SSSR count). The van der Waals surface area contributed by atoms with Crippen molar-refractivity contribution >= 4 is 23.0 Å². The number of likely N-dealkylation sites (tertiary alicyclic amines) is 1. The minimum atomic E-state index is -0.548. The number of aliphatic hydroxyl groups is 1. The molecule has 0 spiro atoms. The quantitative estimate of drug-likeness (QED) is 0.765. The van der Waals surface area contributed by atoms with Gasteiger partial charge >= 0.3 is 0 Å². The summed E-state index contributed by atoms with van der Waals surface area (Å²) in [5.41, 5.74) is 2.41. The van der Waals surface area contributed by atoms with E-state index >= 15 is 0 Å². The van der Waals surface area contributed by atoms with Crippen LogP contribution in [0.15, 0.2) is 29.9 Å². The molecule has 1 amide bonds. The monoisotopic (exact) mass is 356 g/mol. The van der Waals surface area contributed by atoms with Crippen molar-refractivity contribution in [3.8, 4) is 0 Å². The van der Waals surface area contributed by atoms with E-state index in [4.69, 9.17) is 0 Å². The van der Waals surface area contributed by atoms with Crippen molar-refractivity contribution in [2.75, 3.05) is 13.1 Å². The molecular formula is C18H20N4O2S. The number of carbonyl (C=O) groups is 1. The average molecular weight is 356 g/mol. The molecule has 130 valence electrons. The summed E-state index contributed by atoms with van der Waals surface area (Å²) >= 11 is 1.69. The number of fused-ring (bicyclic) bond motifs is 1. The number of rotatable bonds is 2. The standard InChI is InChI=1S/C18H20N4O2S/c1-11-5-9-25-16(11)13-4-8-21(10-14(13)23)17(24)15-12(2)20-18-19-6-3-7-22(15)18/h3,5-7,9,13-14,23H,4,8,10H2,1-2H3/t13-,14-/m0/s1. The predicted octanol–water partition coefficient (Wildman–Crippen LogP) is 2.40. The molecular weight excluding hydrogens is 336 g/mol. The van der Waals surface area contributed by atoms with Gasteiger partial charge in [0, 0.05) is 36.3 Å². The molecule has 6 nitrogen and oxygen atoms in total. The van der Waals surface area contributed by atoms with Gasteiger partial charge in [-0.25, -0.2) is 9.97 Å². The summed E-state index contributed by atoms with van der Waals surface area (Å²) in [6.45, 7) is 4.86. The van der Waals surface area contributed by atoms with Crippen LogP contribution >= 0.6 is 11.3 Å². The van der Waals surface area contributed by atoms with Crippen molar-refractivity contribution in [2.45, 2.75) is 32.3 Å². The van der Waals surface area contributed by atoms with Gasteiger partial charge < -0.3 is 10.0 Å². The van der Waals surface area contributed by atoms with Crippen molar-refractivity contribution in [1.29, 1.82) is 0 Å². The van der Waals surface area contributed by atoms with Crippen LogP contribution in [0, 0.1) is 13.8 Å². The van der Waals surface area contributed by atoms with Gasteiger partial charge in [0.15, 0.2) is 0 Å². The Morgan fingerprint density at radius 2 is 2.24 bits per heavy atom. The number of hydrogen-bond donors (Lipinski definition) is 1. The Labute approximate surface area is 149 Å². The van der Waals surface area contributed by atoms with E-state index in [1.54, 1.807) is 39.1 Å². The fourth-order valence-corrected chi connectivity index (χ4v) is 4.71. The highest BCUT2D eigenvalue weighted by Gasteiger charge is 2.34. The molecule has 0 radical (unpaired) electrons. The molecule has 3 aromatic heterocycles. The van der Waals surface area contributed by atoms with Gasteiger partial charge in [-0.1, -0.05) is 0 Å². The van der Waals surface area contributed by atoms with Crippen LogP contribution in [0.5, 0.6) is 0 Å². The maximum atomic E-state index is 13.0. The first-order valence-corrected chi connectivity index (χ1v) is 9.25. The van der Waals surface area contributed by atoms with Gasteiger partial charge in [0.05, 0.1) is 11.8 Å². The fraction of sp³-hybridized carbons (Fsp3) is 0.389. The molecule has 25 heavy (non-hydrogen) atoms. The molecule has 0 saturated carbocycles. The maximum Gasteiger partial charge on any atom is 0.272 e. The number of carbonyl (C=O) groups excluding carboxylic acids is 1. The smallest absolute Gasteiger partial charge is 0.272 e. The van der Waals surface area contributed by atoms with Gasteiger partial charge in [0.25, 0.3) is 5.91 Å². The van der Waals surface area contributed by atoms with Crippen LogP contribution in [0.25, 0.3) is 5.78 Å². The van der Waals surface area contributed by atoms with Gasteiger partial charge in [-0.05, 0) is 43.3 Å². The van der Waals surface area contributed by atoms with E-state index in [2.05, 4.69) is 28.3 Å². The lowest BCUT2D eigenvalue weighted by atomic mass is 9.90. The zero-order valence-corrected chi connectivity index (χ0v) is 15.0. The van der Waals surface area contributed by atoms with Crippen LogP contribution < -0.4 is 0 Å². The summed E-state index contributed by atoms with van der Waals surface area (Å²) in [4.78, 5) is 24.5. The first kappa shape index (κ1) is 16.2. The fourth-order valence-electron chi connectivity index (χ4n) is 3.59. The van der Waals surface area contributed by atoms with Crippen LogP contribution in [0.3, 0.4) is 0 Å². The zero-order valence-electron chi connectivity index (χ0n) is 14.2. The molecule has 2 atom stereocenters. The number of nitrogens with zero attached hydrogens (tertiary/aromatic N) is 4. The number of piperidine rings is 1. The van der Waals surface area contributed by atoms with E-state index in [0.717, 1.165) is 6.42 Å². The predicted molar refractivity (Wildman–Crippen MR) is 96.0 cm³/mol. The highest BCUT2D eigenvalue weighted by atomic mass is 32.1. The highest BCUT2D eigenvalue weighted by Crippen LogP contribution is 2.34. The van der Waals surface area contributed by atoms with Crippen LogP contribution in [-0.2, 0) is 0 Å². The lowest BCUT2D eigenvalue weighted by Crippen LogP contribution is -2.46. The molecule has 1 aliphatic heterocycles. The third kappa shape index (κ3) is 2.73. The van der Waals surface area contributed by atoms with Crippen molar-refractivity contribution < 1.29 is 9.90 Å². The number of β-amino-alcohol motifs (C(OH)–C–C–N with tert-alkyl or cyclic N) is 1. The molecule has 0 aromatic carbocycles. The van der Waals surface area contributed by atoms with Crippen molar-refractivity contribution in [3.63, 3.8) is 0 Å². The van der Waals surface area contributed by atoms with E-state index in [0.29, 0.717) is 30.3 Å². The summed E-state index contributed by atoms with van der Waals surface area (Å²) in [5, 5.41) is 12.7. The topological polar surface area (TPSA) is 70.7 Å². The Hall–Kier alpha value is -2.25. The van der Waals surface area contributed by atoms with Crippen LogP contribution in [0.4, 0.5) is 0 Å². The summed E-state index contributed by atoms with van der Waals surface area (Å²) in [6, 6.07) is 3.87. The van der Waals surface area contributed by atoms with Crippen LogP contribution in [0.2, 0.25) is 0 Å². The van der Waals surface area contributed by atoms with Crippen molar-refractivity contribution in [1.82, 2.24) is 19.3 Å². The Balaban J connectivity index is 1.58. The van der Waals surface area contributed by atoms with Gasteiger partial charge in [-0.3, -0.25) is 9.20 Å². The molecule has 0 aliphatic carbocycles. The highest BCUT2D eigenvalue weighted by molar-refractivity contribution is 7.10. The van der Waals surface area contributed by atoms with Crippen molar-refractivity contribution in [2.24, 2.45) is 0 Å². The molecule has 0 bridgehead atoms. The van der Waals surface area contributed by atoms with Crippen molar-refractivity contribution in [3.05, 3.63) is 51.7 Å². The summed E-state index contributed by atoms with van der Waals surface area (Å²) in [7, 11) is 0. The molecule has 4 heterocycles. The second-order valence-corrected chi connectivity index (χ2v) is 7.46. The summed E-state index contributed by atoms with van der Waals surface area (Å²) in [5.74, 6) is 0.528. The van der Waals surface area contributed by atoms with Gasteiger partial charge in [0.1, 0.15) is 5.69 Å². The minimum absolute atomic E-state index is 0.0987. The minimum Gasteiger partial charge on any atom is -0.391 e. The molecule has 0 unspecified atom stereocenters. The molecule has 3 aromatic rings. The van der Waals surface area contributed by atoms with E-state index < -0.39 is 6.10 Å². The lowest BCUT2D eigenvalue weighted by Gasteiger charge is -2.36. The second-order valence-electron chi connectivity index (χ2n) is 6.52. The number of aryl methyl sites for hydroxylation is 2. The Morgan fingerprint density at radius 3 is 2.96 bits per heavy atom. The summed E-state index contributed by atoms with van der Waals surface area (Å²) in [6.07, 6.45) is 3.68. The third-order valence-corrected chi connectivity index (χ3v) is 6.04. The summed E-state index contributed by atoms with van der Waals surface area (Å²) < 4.78 is 1.72. The van der Waals surface area contributed by atoms with E-state index in [9.17, 15) is 9.90 Å². The van der Waals surface area contributed by atoms with Gasteiger partial charge in [-0.2, -0.15) is 0 Å². The largest absolute Gasteiger partial charge is 0.391 e. The Kier molecular flexibility index (Phi) is 4.05. The average Bonchev–Trinajstić information content (AvgIpc) is 3.16. The number of aromatic nitrogens is 3. The van der Waals surface area contributed by atoms with Gasteiger partial charge in [0.2, 0.25) is 5.78 Å². The number of hydrogen-bond acceptors (Lipinski definition) is 5. The van der Waals surface area contributed by atoms with E-state index in [1.807, 2.05) is 6.92 Å². The second kappa shape index (κ2) is 6.24. The first-order chi connectivity index (χ1) is 12.1. The molecule has 7 heteroatoms. The van der Waals surface area contributed by atoms with Crippen LogP contribution in [0.1, 0.15) is 39.0 Å². The molecule has 1 saturated heterocycles. The number of aliphatic hydroxyl groups excluding tert-OH is 1. The molecule has 1 N–H and O–H groups in total. The number of amides is 1. The number of thiophene rings is 1. The van der Waals surface area contributed by atoms with Crippen LogP contribution in [-0.4, -0.2) is 49.5 Å². The van der Waals surface area contributed by atoms with E-state index in [1.165, 1.54) is 10.4 Å².